The quantitative estimate of drug-likeness (QED) is 0.914. The van der Waals surface area contributed by atoms with Gasteiger partial charge in [0.2, 0.25) is 0 Å². The van der Waals surface area contributed by atoms with Gasteiger partial charge in [-0.3, -0.25) is 0 Å². The molecule has 6 nitrogen and oxygen atoms in total. The molecule has 0 saturated carbocycles. The Balaban J connectivity index is 2.27. The van der Waals surface area contributed by atoms with E-state index in [-0.39, 0.29) is 23.9 Å². The van der Waals surface area contributed by atoms with E-state index in [1.807, 2.05) is 27.7 Å². The maximum atomic E-state index is 12.4. The minimum absolute atomic E-state index is 0.148. The van der Waals surface area contributed by atoms with Gasteiger partial charge in [-0.15, -0.1) is 0 Å². The van der Waals surface area contributed by atoms with Gasteiger partial charge < -0.3 is 24.2 Å². The fourth-order valence-corrected chi connectivity index (χ4v) is 2.99. The SMILES string of the molecule is CCOC1CN(C(=O)OC(C)(C)C)CC1c1c(O)cccc1OC. The van der Waals surface area contributed by atoms with E-state index in [1.54, 1.807) is 30.2 Å². The largest absolute Gasteiger partial charge is 0.508 e. The van der Waals surface area contributed by atoms with Crippen molar-refractivity contribution in [3.05, 3.63) is 23.8 Å². The highest BCUT2D eigenvalue weighted by Gasteiger charge is 2.40. The molecule has 1 N–H and O–H groups in total. The number of carbonyl (C=O) groups excluding carboxylic acids is 1. The van der Waals surface area contributed by atoms with Gasteiger partial charge >= 0.3 is 6.09 Å². The Kier molecular flexibility index (Phi) is 5.59. The van der Waals surface area contributed by atoms with Gasteiger partial charge in [0.1, 0.15) is 17.1 Å². The highest BCUT2D eigenvalue weighted by atomic mass is 16.6. The predicted molar refractivity (Wildman–Crippen MR) is 90.6 cm³/mol. The number of methoxy groups -OCH3 is 1. The minimum Gasteiger partial charge on any atom is -0.508 e. The molecule has 1 amide bonds. The maximum Gasteiger partial charge on any atom is 0.410 e. The Morgan fingerprint density at radius 1 is 1.33 bits per heavy atom. The van der Waals surface area contributed by atoms with Gasteiger partial charge in [-0.2, -0.15) is 0 Å². The van der Waals surface area contributed by atoms with Crippen molar-refractivity contribution in [3.8, 4) is 11.5 Å². The molecule has 0 aliphatic carbocycles. The molecule has 2 rings (SSSR count). The maximum absolute atomic E-state index is 12.4. The van der Waals surface area contributed by atoms with Crippen LogP contribution in [0.2, 0.25) is 0 Å². The molecule has 134 valence electrons. The molecule has 2 unspecified atom stereocenters. The second-order valence-corrected chi connectivity index (χ2v) is 6.88. The van der Waals surface area contributed by atoms with Gasteiger partial charge in [-0.05, 0) is 39.8 Å². The van der Waals surface area contributed by atoms with Gasteiger partial charge in [-0.25, -0.2) is 4.79 Å². The standard InChI is InChI=1S/C18H27NO5/c1-6-23-15-11-19(17(21)24-18(2,3)4)10-12(15)16-13(20)8-7-9-14(16)22-5/h7-9,12,15,20H,6,10-11H2,1-5H3. The molecule has 1 heterocycles. The molecule has 1 saturated heterocycles. The van der Waals surface area contributed by atoms with Crippen LogP contribution in [-0.2, 0) is 9.47 Å². The molecule has 1 aliphatic rings. The first-order valence-electron chi connectivity index (χ1n) is 8.22. The van der Waals surface area contributed by atoms with Crippen LogP contribution in [0.3, 0.4) is 0 Å². The van der Waals surface area contributed by atoms with Crippen LogP contribution in [0.15, 0.2) is 18.2 Å². The summed E-state index contributed by atoms with van der Waals surface area (Å²) in [6, 6.07) is 5.15. The van der Waals surface area contributed by atoms with Crippen LogP contribution in [0.25, 0.3) is 0 Å². The smallest absolute Gasteiger partial charge is 0.410 e. The summed E-state index contributed by atoms with van der Waals surface area (Å²) in [7, 11) is 1.56. The zero-order chi connectivity index (χ0) is 17.9. The van der Waals surface area contributed by atoms with Crippen LogP contribution in [0.4, 0.5) is 4.79 Å². The normalized spacial score (nSPS) is 21.0. The van der Waals surface area contributed by atoms with E-state index in [1.165, 1.54) is 0 Å². The Labute approximate surface area is 143 Å². The molecular weight excluding hydrogens is 310 g/mol. The van der Waals surface area contributed by atoms with Gasteiger partial charge in [0.15, 0.2) is 0 Å². The van der Waals surface area contributed by atoms with E-state index >= 15 is 0 Å². The predicted octanol–water partition coefficient (Wildman–Crippen LogP) is 3.14. The number of carbonyl (C=O) groups is 1. The fourth-order valence-electron chi connectivity index (χ4n) is 2.99. The lowest BCUT2D eigenvalue weighted by atomic mass is 9.94. The third-order valence-electron chi connectivity index (χ3n) is 3.93. The zero-order valence-electron chi connectivity index (χ0n) is 15.0. The summed E-state index contributed by atoms with van der Waals surface area (Å²) in [6.45, 7) is 8.78. The lowest BCUT2D eigenvalue weighted by molar-refractivity contribution is 0.0218. The number of nitrogens with zero attached hydrogens (tertiary/aromatic N) is 1. The summed E-state index contributed by atoms with van der Waals surface area (Å²) in [6.07, 6.45) is -0.589. The van der Waals surface area contributed by atoms with Gasteiger partial charge in [0.05, 0.1) is 19.8 Å². The minimum atomic E-state index is -0.553. The van der Waals surface area contributed by atoms with Crippen molar-refractivity contribution < 1.29 is 24.1 Å². The number of hydrogen-bond acceptors (Lipinski definition) is 5. The first-order valence-corrected chi connectivity index (χ1v) is 8.22. The summed E-state index contributed by atoms with van der Waals surface area (Å²) in [5.74, 6) is 0.569. The Morgan fingerprint density at radius 3 is 2.62 bits per heavy atom. The fraction of sp³-hybridized carbons (Fsp3) is 0.611. The molecule has 24 heavy (non-hydrogen) atoms. The van der Waals surface area contributed by atoms with Crippen LogP contribution in [0.5, 0.6) is 11.5 Å². The first-order chi connectivity index (χ1) is 11.3. The monoisotopic (exact) mass is 337 g/mol. The number of likely N-dealkylation sites (tertiary alicyclic amines) is 1. The van der Waals surface area contributed by atoms with Gasteiger partial charge in [0, 0.05) is 24.6 Å². The van der Waals surface area contributed by atoms with E-state index < -0.39 is 5.60 Å². The highest BCUT2D eigenvalue weighted by molar-refractivity contribution is 5.69. The van der Waals surface area contributed by atoms with E-state index in [0.717, 1.165) is 0 Å². The molecule has 1 aromatic rings. The molecule has 1 aliphatic heterocycles. The number of ether oxygens (including phenoxy) is 3. The van der Waals surface area contributed by atoms with Crippen LogP contribution >= 0.6 is 0 Å². The van der Waals surface area contributed by atoms with Crippen LogP contribution in [-0.4, -0.2) is 54.6 Å². The second-order valence-electron chi connectivity index (χ2n) is 6.88. The number of rotatable bonds is 4. The number of phenolic OH excluding ortho intramolecular Hbond substituents is 1. The third-order valence-corrected chi connectivity index (χ3v) is 3.93. The van der Waals surface area contributed by atoms with Crippen LogP contribution in [0, 0.1) is 0 Å². The molecule has 0 aromatic heterocycles. The van der Waals surface area contributed by atoms with Gasteiger partial charge in [-0.1, -0.05) is 6.07 Å². The average Bonchev–Trinajstić information content (AvgIpc) is 2.89. The van der Waals surface area contributed by atoms with E-state index in [0.29, 0.717) is 31.0 Å². The van der Waals surface area contributed by atoms with Crippen LogP contribution < -0.4 is 4.74 Å². The Morgan fingerprint density at radius 2 is 2.04 bits per heavy atom. The summed E-state index contributed by atoms with van der Waals surface area (Å²) in [5, 5.41) is 10.3. The summed E-state index contributed by atoms with van der Waals surface area (Å²) in [5.41, 5.74) is 0.118. The number of amides is 1. The first kappa shape index (κ1) is 18.4. The van der Waals surface area contributed by atoms with Crippen molar-refractivity contribution in [1.29, 1.82) is 0 Å². The Bertz CT molecular complexity index is 581. The zero-order valence-corrected chi connectivity index (χ0v) is 15.0. The van der Waals surface area contributed by atoms with E-state index in [9.17, 15) is 9.90 Å². The van der Waals surface area contributed by atoms with Crippen LogP contribution in [0.1, 0.15) is 39.2 Å². The van der Waals surface area contributed by atoms with E-state index in [4.69, 9.17) is 14.2 Å². The number of hydrogen-bond donors (Lipinski definition) is 1. The molecule has 0 bridgehead atoms. The van der Waals surface area contributed by atoms with Crippen molar-refractivity contribution >= 4 is 6.09 Å². The number of aromatic hydroxyl groups is 1. The molecule has 6 heteroatoms. The number of benzene rings is 1. The molecule has 0 spiro atoms. The molecule has 0 radical (unpaired) electrons. The van der Waals surface area contributed by atoms with Crippen molar-refractivity contribution in [2.75, 3.05) is 26.8 Å². The van der Waals surface area contributed by atoms with Crippen molar-refractivity contribution in [1.82, 2.24) is 4.90 Å². The summed E-state index contributed by atoms with van der Waals surface area (Å²) in [4.78, 5) is 14.0. The lowest BCUT2D eigenvalue weighted by Gasteiger charge is -2.24. The van der Waals surface area contributed by atoms with Crippen molar-refractivity contribution in [2.24, 2.45) is 0 Å². The Hall–Kier alpha value is -1.95. The third kappa shape index (κ3) is 4.12. The highest BCUT2D eigenvalue weighted by Crippen LogP contribution is 2.40. The van der Waals surface area contributed by atoms with E-state index in [2.05, 4.69) is 0 Å². The molecule has 1 aromatic carbocycles. The van der Waals surface area contributed by atoms with Crippen molar-refractivity contribution in [2.45, 2.75) is 45.3 Å². The topological polar surface area (TPSA) is 68.2 Å². The molecule has 2 atom stereocenters. The lowest BCUT2D eigenvalue weighted by Crippen LogP contribution is -2.36. The number of phenols is 1. The summed E-state index contributed by atoms with van der Waals surface area (Å²) >= 11 is 0. The second kappa shape index (κ2) is 7.30. The summed E-state index contributed by atoms with van der Waals surface area (Å²) < 4.78 is 16.7. The molecule has 1 fully saturated rings. The van der Waals surface area contributed by atoms with Crippen molar-refractivity contribution in [3.63, 3.8) is 0 Å². The average molecular weight is 337 g/mol. The molecular formula is C18H27NO5. The van der Waals surface area contributed by atoms with Gasteiger partial charge in [0.25, 0.3) is 0 Å².